The van der Waals surface area contributed by atoms with E-state index in [0.29, 0.717) is 26.0 Å². The Bertz CT molecular complexity index is 950. The average molecular weight is 379 g/mol. The number of H-pyrrole nitrogens is 1. The maximum Gasteiger partial charge on any atom is 0.239 e. The molecule has 0 aliphatic carbocycles. The highest BCUT2D eigenvalue weighted by atomic mass is 16.5. The van der Waals surface area contributed by atoms with E-state index in [0.717, 1.165) is 27.9 Å². The molecule has 28 heavy (non-hydrogen) atoms. The number of aromatic amines is 1. The highest BCUT2D eigenvalue weighted by Gasteiger charge is 2.11. The molecule has 2 N–H and O–H groups in total. The van der Waals surface area contributed by atoms with Gasteiger partial charge in [-0.25, -0.2) is 0 Å². The van der Waals surface area contributed by atoms with Crippen LogP contribution >= 0.6 is 0 Å². The van der Waals surface area contributed by atoms with E-state index >= 15 is 0 Å². The summed E-state index contributed by atoms with van der Waals surface area (Å²) in [4.78, 5) is 27.1. The van der Waals surface area contributed by atoms with Crippen molar-refractivity contribution >= 4 is 23.2 Å². The molecule has 0 spiro atoms. The molecule has 0 fully saturated rings. The number of aromatic nitrogens is 1. The van der Waals surface area contributed by atoms with E-state index in [4.69, 9.17) is 4.74 Å². The van der Waals surface area contributed by atoms with E-state index in [1.807, 2.05) is 49.4 Å². The summed E-state index contributed by atoms with van der Waals surface area (Å²) in [7, 11) is 1.58. The minimum atomic E-state index is -0.163. The molecule has 146 valence electrons. The van der Waals surface area contributed by atoms with E-state index in [-0.39, 0.29) is 12.5 Å². The molecule has 0 aliphatic heterocycles. The number of carbonyl (C=O) groups is 2. The monoisotopic (exact) mass is 379 g/mol. The van der Waals surface area contributed by atoms with Gasteiger partial charge in [0.2, 0.25) is 12.3 Å². The fraction of sp³-hybridized carbons (Fsp3) is 0.273. The standard InChI is InChI=1S/C22H25N3O3/c1-16-19(10-11-23-22(27)13-25(2)15-26)20-9-8-18(12-21(20)24-16)28-14-17-6-4-3-5-7-17/h3-9,12,15,24H,10-11,13-14H2,1-2H3,(H,23,27). The van der Waals surface area contributed by atoms with Crippen LogP contribution in [-0.4, -0.2) is 42.3 Å². The molecule has 2 aromatic carbocycles. The lowest BCUT2D eigenvalue weighted by molar-refractivity contribution is -0.127. The number of hydrogen-bond donors (Lipinski definition) is 2. The molecule has 1 aromatic heterocycles. The van der Waals surface area contributed by atoms with Crippen molar-refractivity contribution in [2.24, 2.45) is 0 Å². The first-order valence-electron chi connectivity index (χ1n) is 9.27. The molecule has 0 saturated heterocycles. The van der Waals surface area contributed by atoms with Crippen LogP contribution in [0.15, 0.2) is 48.5 Å². The molecule has 3 aromatic rings. The first-order chi connectivity index (χ1) is 13.6. The van der Waals surface area contributed by atoms with E-state index in [2.05, 4.69) is 16.4 Å². The Morgan fingerprint density at radius 3 is 2.75 bits per heavy atom. The number of amides is 2. The quantitative estimate of drug-likeness (QED) is 0.562. The number of carbonyl (C=O) groups excluding carboxylic acids is 2. The van der Waals surface area contributed by atoms with E-state index in [1.165, 1.54) is 10.5 Å². The SMILES string of the molecule is Cc1[nH]c2cc(OCc3ccccc3)ccc2c1CCNC(=O)CN(C)C=O. The first-order valence-corrected chi connectivity index (χ1v) is 9.27. The van der Waals surface area contributed by atoms with Gasteiger partial charge in [-0.05, 0) is 36.6 Å². The summed E-state index contributed by atoms with van der Waals surface area (Å²) in [5.74, 6) is 0.651. The van der Waals surface area contributed by atoms with Crippen molar-refractivity contribution in [1.29, 1.82) is 0 Å². The number of likely N-dealkylation sites (N-methyl/N-ethyl adjacent to an activating group) is 1. The Morgan fingerprint density at radius 1 is 1.21 bits per heavy atom. The van der Waals surface area contributed by atoms with Gasteiger partial charge in [0, 0.05) is 36.3 Å². The van der Waals surface area contributed by atoms with Gasteiger partial charge in [0.15, 0.2) is 0 Å². The van der Waals surface area contributed by atoms with Crippen LogP contribution in [0.2, 0.25) is 0 Å². The number of nitrogens with one attached hydrogen (secondary N) is 2. The van der Waals surface area contributed by atoms with Crippen LogP contribution in [0.5, 0.6) is 5.75 Å². The van der Waals surface area contributed by atoms with E-state index in [9.17, 15) is 9.59 Å². The summed E-state index contributed by atoms with van der Waals surface area (Å²) < 4.78 is 5.90. The first kappa shape index (κ1) is 19.5. The number of nitrogens with zero attached hydrogens (tertiary/aromatic N) is 1. The van der Waals surface area contributed by atoms with E-state index in [1.54, 1.807) is 7.05 Å². The summed E-state index contributed by atoms with van der Waals surface area (Å²) in [5.41, 5.74) is 4.40. The molecule has 0 unspecified atom stereocenters. The molecule has 3 rings (SSSR count). The summed E-state index contributed by atoms with van der Waals surface area (Å²) in [6, 6.07) is 16.1. The largest absolute Gasteiger partial charge is 0.489 e. The second kappa shape index (κ2) is 9.08. The van der Waals surface area contributed by atoms with Crippen molar-refractivity contribution in [2.45, 2.75) is 20.0 Å². The van der Waals surface area contributed by atoms with Crippen LogP contribution in [0, 0.1) is 6.92 Å². The van der Waals surface area contributed by atoms with Crippen molar-refractivity contribution in [2.75, 3.05) is 20.1 Å². The van der Waals surface area contributed by atoms with Crippen molar-refractivity contribution in [1.82, 2.24) is 15.2 Å². The lowest BCUT2D eigenvalue weighted by atomic mass is 10.1. The molecule has 6 nitrogen and oxygen atoms in total. The lowest BCUT2D eigenvalue weighted by Gasteiger charge is -2.10. The normalized spacial score (nSPS) is 10.6. The van der Waals surface area contributed by atoms with Crippen molar-refractivity contribution < 1.29 is 14.3 Å². The summed E-state index contributed by atoms with van der Waals surface area (Å²) >= 11 is 0. The number of hydrogen-bond acceptors (Lipinski definition) is 3. The smallest absolute Gasteiger partial charge is 0.239 e. The average Bonchev–Trinajstić information content (AvgIpc) is 3.01. The van der Waals surface area contributed by atoms with Gasteiger partial charge in [-0.15, -0.1) is 0 Å². The lowest BCUT2D eigenvalue weighted by Crippen LogP contribution is -2.35. The van der Waals surface area contributed by atoms with Crippen LogP contribution in [0.4, 0.5) is 0 Å². The Balaban J connectivity index is 1.62. The summed E-state index contributed by atoms with van der Waals surface area (Å²) in [5, 5.41) is 3.98. The number of ether oxygens (including phenoxy) is 1. The molecular weight excluding hydrogens is 354 g/mol. The van der Waals surface area contributed by atoms with Gasteiger partial charge >= 0.3 is 0 Å². The van der Waals surface area contributed by atoms with Gasteiger partial charge in [-0.1, -0.05) is 30.3 Å². The second-order valence-electron chi connectivity index (χ2n) is 6.83. The summed E-state index contributed by atoms with van der Waals surface area (Å²) in [6.07, 6.45) is 1.35. The molecule has 6 heteroatoms. The number of aryl methyl sites for hydroxylation is 1. The topological polar surface area (TPSA) is 74.4 Å². The minimum Gasteiger partial charge on any atom is -0.489 e. The number of fused-ring (bicyclic) bond motifs is 1. The van der Waals surface area contributed by atoms with Crippen LogP contribution in [-0.2, 0) is 22.6 Å². The molecule has 0 aliphatic rings. The molecule has 1 heterocycles. The van der Waals surface area contributed by atoms with Gasteiger partial charge in [0.05, 0.1) is 6.54 Å². The van der Waals surface area contributed by atoms with Gasteiger partial charge in [-0.2, -0.15) is 0 Å². The highest BCUT2D eigenvalue weighted by molar-refractivity contribution is 5.86. The molecule has 0 radical (unpaired) electrons. The zero-order valence-corrected chi connectivity index (χ0v) is 16.2. The van der Waals surface area contributed by atoms with Crippen LogP contribution in [0.25, 0.3) is 10.9 Å². The third-order valence-corrected chi connectivity index (χ3v) is 4.61. The van der Waals surface area contributed by atoms with Crippen LogP contribution < -0.4 is 10.1 Å². The third-order valence-electron chi connectivity index (χ3n) is 4.61. The van der Waals surface area contributed by atoms with Crippen LogP contribution in [0.3, 0.4) is 0 Å². The molecule has 0 saturated carbocycles. The minimum absolute atomic E-state index is 0.0679. The fourth-order valence-electron chi connectivity index (χ4n) is 3.17. The van der Waals surface area contributed by atoms with Crippen molar-refractivity contribution in [3.05, 3.63) is 65.4 Å². The Kier molecular flexibility index (Phi) is 6.32. The maximum atomic E-state index is 11.8. The molecule has 2 amide bonds. The fourth-order valence-corrected chi connectivity index (χ4v) is 3.17. The highest BCUT2D eigenvalue weighted by Crippen LogP contribution is 2.26. The molecule has 0 atom stereocenters. The van der Waals surface area contributed by atoms with Crippen molar-refractivity contribution in [3.8, 4) is 5.75 Å². The predicted octanol–water partition coefficient (Wildman–Crippen LogP) is 2.80. The number of benzene rings is 2. The predicted molar refractivity (Wildman–Crippen MR) is 109 cm³/mol. The van der Waals surface area contributed by atoms with Gasteiger partial charge < -0.3 is 19.9 Å². The summed E-state index contributed by atoms with van der Waals surface area (Å²) in [6.45, 7) is 3.14. The van der Waals surface area contributed by atoms with Crippen molar-refractivity contribution in [3.63, 3.8) is 0 Å². The van der Waals surface area contributed by atoms with E-state index < -0.39 is 0 Å². The molecule has 0 bridgehead atoms. The zero-order valence-electron chi connectivity index (χ0n) is 16.2. The van der Waals surface area contributed by atoms with Gasteiger partial charge in [-0.3, -0.25) is 9.59 Å². The van der Waals surface area contributed by atoms with Gasteiger partial charge in [0.1, 0.15) is 12.4 Å². The van der Waals surface area contributed by atoms with Gasteiger partial charge in [0.25, 0.3) is 0 Å². The Hall–Kier alpha value is -3.28. The Labute approximate surface area is 164 Å². The Morgan fingerprint density at radius 2 is 2.00 bits per heavy atom. The molecular formula is C22H25N3O3. The van der Waals surface area contributed by atoms with Crippen LogP contribution in [0.1, 0.15) is 16.8 Å². The number of rotatable bonds is 9. The maximum absolute atomic E-state index is 11.8. The third kappa shape index (κ3) is 4.91. The zero-order chi connectivity index (χ0) is 19.9. The second-order valence-corrected chi connectivity index (χ2v) is 6.83.